The molecule has 112 valence electrons. The molecule has 21 heavy (non-hydrogen) atoms. The Morgan fingerprint density at radius 2 is 1.57 bits per heavy atom. The standard InChI is InChI=1S/C15H17BrN2O2S/c1-9-4-5-13(8-14(9)16)18-21(19,20)15-10(2)6-12(17)7-11(15)3/h4-8,18H,17H2,1-3H3. The molecule has 0 amide bonds. The van der Waals surface area contributed by atoms with Gasteiger partial charge >= 0.3 is 0 Å². The number of nitrogens with one attached hydrogen (secondary N) is 1. The smallest absolute Gasteiger partial charge is 0.262 e. The molecule has 0 aliphatic rings. The van der Waals surface area contributed by atoms with Crippen LogP contribution in [0.1, 0.15) is 16.7 Å². The predicted octanol–water partition coefficient (Wildman–Crippen LogP) is 3.76. The van der Waals surface area contributed by atoms with Gasteiger partial charge in [0.25, 0.3) is 10.0 Å². The van der Waals surface area contributed by atoms with Gasteiger partial charge in [-0.2, -0.15) is 0 Å². The lowest BCUT2D eigenvalue weighted by molar-refractivity contribution is 0.600. The lowest BCUT2D eigenvalue weighted by Crippen LogP contribution is -2.16. The average Bonchev–Trinajstić information content (AvgIpc) is 2.31. The van der Waals surface area contributed by atoms with Crippen molar-refractivity contribution in [1.29, 1.82) is 0 Å². The van der Waals surface area contributed by atoms with Crippen molar-refractivity contribution in [2.45, 2.75) is 25.7 Å². The molecule has 0 saturated carbocycles. The zero-order valence-corrected chi connectivity index (χ0v) is 14.5. The average molecular weight is 369 g/mol. The molecule has 0 saturated heterocycles. The predicted molar refractivity (Wildman–Crippen MR) is 90.0 cm³/mol. The first-order chi connectivity index (χ1) is 9.70. The summed E-state index contributed by atoms with van der Waals surface area (Å²) in [5, 5.41) is 0. The third-order valence-electron chi connectivity index (χ3n) is 3.18. The van der Waals surface area contributed by atoms with Crippen molar-refractivity contribution in [2.24, 2.45) is 0 Å². The van der Waals surface area contributed by atoms with E-state index in [4.69, 9.17) is 5.73 Å². The van der Waals surface area contributed by atoms with E-state index < -0.39 is 10.0 Å². The van der Waals surface area contributed by atoms with Gasteiger partial charge < -0.3 is 5.73 Å². The molecule has 0 atom stereocenters. The van der Waals surface area contributed by atoms with Crippen LogP contribution in [0, 0.1) is 20.8 Å². The van der Waals surface area contributed by atoms with Crippen molar-refractivity contribution >= 4 is 37.3 Å². The van der Waals surface area contributed by atoms with Crippen LogP contribution in [0.5, 0.6) is 0 Å². The Kier molecular flexibility index (Phi) is 4.30. The van der Waals surface area contributed by atoms with E-state index in [0.717, 1.165) is 10.0 Å². The summed E-state index contributed by atoms with van der Waals surface area (Å²) in [4.78, 5) is 0.272. The molecule has 0 bridgehead atoms. The summed E-state index contributed by atoms with van der Waals surface area (Å²) in [6.45, 7) is 5.42. The van der Waals surface area contributed by atoms with E-state index in [9.17, 15) is 8.42 Å². The molecule has 2 aromatic rings. The summed E-state index contributed by atoms with van der Waals surface area (Å²) < 4.78 is 28.6. The fraction of sp³-hybridized carbons (Fsp3) is 0.200. The van der Waals surface area contributed by atoms with Gasteiger partial charge in [0.2, 0.25) is 0 Å². The van der Waals surface area contributed by atoms with Gasteiger partial charge in [-0.1, -0.05) is 22.0 Å². The first kappa shape index (κ1) is 15.9. The van der Waals surface area contributed by atoms with Crippen LogP contribution in [-0.4, -0.2) is 8.42 Å². The van der Waals surface area contributed by atoms with Gasteiger partial charge in [-0.15, -0.1) is 0 Å². The Hall–Kier alpha value is -1.53. The number of aryl methyl sites for hydroxylation is 3. The Morgan fingerprint density at radius 1 is 1.00 bits per heavy atom. The van der Waals surface area contributed by atoms with Crippen molar-refractivity contribution < 1.29 is 8.42 Å². The highest BCUT2D eigenvalue weighted by molar-refractivity contribution is 9.10. The van der Waals surface area contributed by atoms with Crippen molar-refractivity contribution in [3.8, 4) is 0 Å². The molecule has 6 heteroatoms. The highest BCUT2D eigenvalue weighted by atomic mass is 79.9. The Bertz CT molecular complexity index is 778. The number of sulfonamides is 1. The van der Waals surface area contributed by atoms with E-state index in [0.29, 0.717) is 22.5 Å². The van der Waals surface area contributed by atoms with Crippen LogP contribution < -0.4 is 10.5 Å². The summed E-state index contributed by atoms with van der Waals surface area (Å²) >= 11 is 3.40. The van der Waals surface area contributed by atoms with Gasteiger partial charge in [0, 0.05) is 15.8 Å². The van der Waals surface area contributed by atoms with Crippen LogP contribution in [0.25, 0.3) is 0 Å². The number of rotatable bonds is 3. The van der Waals surface area contributed by atoms with Gasteiger partial charge in [0.1, 0.15) is 0 Å². The number of nitrogen functional groups attached to an aromatic ring is 1. The van der Waals surface area contributed by atoms with Crippen LogP contribution in [0.4, 0.5) is 11.4 Å². The minimum absolute atomic E-state index is 0.272. The van der Waals surface area contributed by atoms with Gasteiger partial charge in [-0.3, -0.25) is 4.72 Å². The molecule has 2 rings (SSSR count). The topological polar surface area (TPSA) is 72.2 Å². The highest BCUT2D eigenvalue weighted by Crippen LogP contribution is 2.27. The maximum atomic E-state index is 12.6. The molecule has 0 aromatic heterocycles. The molecular formula is C15H17BrN2O2S. The van der Waals surface area contributed by atoms with E-state index >= 15 is 0 Å². The number of hydrogen-bond acceptors (Lipinski definition) is 3. The summed E-state index contributed by atoms with van der Waals surface area (Å²) in [6, 6.07) is 8.65. The number of hydrogen-bond donors (Lipinski definition) is 2. The molecule has 4 nitrogen and oxygen atoms in total. The van der Waals surface area contributed by atoms with Crippen LogP contribution in [0.2, 0.25) is 0 Å². The highest BCUT2D eigenvalue weighted by Gasteiger charge is 2.20. The fourth-order valence-electron chi connectivity index (χ4n) is 2.27. The minimum atomic E-state index is -3.65. The second-order valence-electron chi connectivity index (χ2n) is 5.05. The summed E-state index contributed by atoms with van der Waals surface area (Å²) in [6.07, 6.45) is 0. The van der Waals surface area contributed by atoms with Crippen LogP contribution >= 0.6 is 15.9 Å². The molecule has 3 N–H and O–H groups in total. The van der Waals surface area contributed by atoms with E-state index in [1.54, 1.807) is 38.1 Å². The maximum absolute atomic E-state index is 12.6. The number of nitrogens with two attached hydrogens (primary N) is 1. The van der Waals surface area contributed by atoms with Crippen molar-refractivity contribution in [2.75, 3.05) is 10.5 Å². The van der Waals surface area contributed by atoms with Gasteiger partial charge in [-0.05, 0) is 61.7 Å². The van der Waals surface area contributed by atoms with Gasteiger partial charge in [-0.25, -0.2) is 8.42 Å². The molecular weight excluding hydrogens is 352 g/mol. The molecule has 0 fully saturated rings. The number of halogens is 1. The zero-order valence-electron chi connectivity index (χ0n) is 12.1. The lowest BCUT2D eigenvalue weighted by Gasteiger charge is -2.14. The molecule has 0 spiro atoms. The van der Waals surface area contributed by atoms with Gasteiger partial charge in [0.05, 0.1) is 4.90 Å². The quantitative estimate of drug-likeness (QED) is 0.810. The largest absolute Gasteiger partial charge is 0.399 e. The molecule has 0 unspecified atom stereocenters. The van der Waals surface area contributed by atoms with E-state index in [2.05, 4.69) is 20.7 Å². The molecule has 0 aliphatic heterocycles. The Balaban J connectivity index is 2.46. The van der Waals surface area contributed by atoms with Crippen molar-refractivity contribution in [1.82, 2.24) is 0 Å². The second kappa shape index (κ2) is 5.69. The van der Waals surface area contributed by atoms with E-state index in [1.165, 1.54) is 0 Å². The zero-order chi connectivity index (χ0) is 15.8. The van der Waals surface area contributed by atoms with E-state index in [-0.39, 0.29) is 4.90 Å². The second-order valence-corrected chi connectivity index (χ2v) is 7.53. The molecule has 2 aromatic carbocycles. The summed E-state index contributed by atoms with van der Waals surface area (Å²) in [5.74, 6) is 0. The number of anilines is 2. The van der Waals surface area contributed by atoms with Gasteiger partial charge in [0.15, 0.2) is 0 Å². The third kappa shape index (κ3) is 3.39. The van der Waals surface area contributed by atoms with Crippen LogP contribution in [-0.2, 0) is 10.0 Å². The van der Waals surface area contributed by atoms with Crippen LogP contribution in [0.3, 0.4) is 0 Å². The lowest BCUT2D eigenvalue weighted by atomic mass is 10.1. The molecule has 0 heterocycles. The monoisotopic (exact) mass is 368 g/mol. The molecule has 0 aliphatic carbocycles. The molecule has 0 radical (unpaired) electrons. The maximum Gasteiger partial charge on any atom is 0.262 e. The Labute approximate surface area is 133 Å². The minimum Gasteiger partial charge on any atom is -0.399 e. The van der Waals surface area contributed by atoms with Crippen molar-refractivity contribution in [3.63, 3.8) is 0 Å². The normalized spacial score (nSPS) is 11.4. The third-order valence-corrected chi connectivity index (χ3v) is 5.72. The summed E-state index contributed by atoms with van der Waals surface area (Å²) in [5.41, 5.74) is 9.11. The first-order valence-corrected chi connectivity index (χ1v) is 8.64. The SMILES string of the molecule is Cc1ccc(NS(=O)(=O)c2c(C)cc(N)cc2C)cc1Br. The van der Waals surface area contributed by atoms with E-state index in [1.807, 2.05) is 13.0 Å². The van der Waals surface area contributed by atoms with Crippen LogP contribution in [0.15, 0.2) is 39.7 Å². The Morgan fingerprint density at radius 3 is 2.10 bits per heavy atom. The number of benzene rings is 2. The first-order valence-electron chi connectivity index (χ1n) is 6.36. The fourth-order valence-corrected chi connectivity index (χ4v) is 4.15. The summed E-state index contributed by atoms with van der Waals surface area (Å²) in [7, 11) is -3.65. The van der Waals surface area contributed by atoms with Crippen molar-refractivity contribution in [3.05, 3.63) is 51.5 Å².